The van der Waals surface area contributed by atoms with E-state index in [1.807, 2.05) is 13.8 Å². The minimum Gasteiger partial charge on any atom is -0.497 e. The van der Waals surface area contributed by atoms with Gasteiger partial charge in [0.1, 0.15) is 12.4 Å². The molecule has 1 aromatic rings. The third kappa shape index (κ3) is 3.06. The Kier molecular flexibility index (Phi) is 5.03. The summed E-state index contributed by atoms with van der Waals surface area (Å²) in [4.78, 5) is 25.7. The van der Waals surface area contributed by atoms with E-state index in [-0.39, 0.29) is 25.2 Å². The number of imide groups is 1. The molecule has 0 aliphatic carbocycles. The van der Waals surface area contributed by atoms with E-state index in [1.165, 1.54) is 0 Å². The van der Waals surface area contributed by atoms with Crippen molar-refractivity contribution < 1.29 is 24.2 Å². The van der Waals surface area contributed by atoms with Crippen LogP contribution in [0.15, 0.2) is 24.3 Å². The molecule has 2 atom stereocenters. The third-order valence-electron chi connectivity index (χ3n) is 3.91. The van der Waals surface area contributed by atoms with Crippen molar-refractivity contribution in [1.82, 2.24) is 4.90 Å². The van der Waals surface area contributed by atoms with Gasteiger partial charge in [0.05, 0.1) is 25.7 Å². The van der Waals surface area contributed by atoms with E-state index in [4.69, 9.17) is 9.47 Å². The highest BCUT2D eigenvalue weighted by atomic mass is 16.6. The molecule has 1 aliphatic heterocycles. The normalized spacial score (nSPS) is 19.2. The first-order valence-electron chi connectivity index (χ1n) is 7.24. The van der Waals surface area contributed by atoms with Gasteiger partial charge in [-0.25, -0.2) is 9.69 Å². The monoisotopic (exact) mass is 307 g/mol. The number of aliphatic hydroxyl groups is 1. The molecule has 1 heterocycles. The number of hydrogen-bond acceptors (Lipinski definition) is 5. The number of rotatable bonds is 5. The summed E-state index contributed by atoms with van der Waals surface area (Å²) in [7, 11) is 1.55. The average molecular weight is 307 g/mol. The molecule has 2 rings (SSSR count). The lowest BCUT2D eigenvalue weighted by Gasteiger charge is -2.26. The smallest absolute Gasteiger partial charge is 0.417 e. The molecule has 0 aromatic heterocycles. The molecular weight excluding hydrogens is 286 g/mol. The maximum absolute atomic E-state index is 12.7. The van der Waals surface area contributed by atoms with Crippen molar-refractivity contribution in [3.63, 3.8) is 0 Å². The number of amides is 2. The second kappa shape index (κ2) is 6.79. The highest BCUT2D eigenvalue weighted by Gasteiger charge is 2.42. The van der Waals surface area contributed by atoms with Crippen LogP contribution in [-0.2, 0) is 9.53 Å². The van der Waals surface area contributed by atoms with Crippen molar-refractivity contribution in [1.29, 1.82) is 0 Å². The minimum atomic E-state index is -0.794. The molecule has 1 N–H and O–H groups in total. The van der Waals surface area contributed by atoms with Crippen molar-refractivity contribution >= 4 is 12.0 Å². The number of carbonyl (C=O) groups excluding carboxylic acids is 2. The lowest BCUT2D eigenvalue weighted by molar-refractivity contribution is -0.132. The molecule has 1 fully saturated rings. The average Bonchev–Trinajstić information content (AvgIpc) is 2.90. The minimum absolute atomic E-state index is 0.0885. The summed E-state index contributed by atoms with van der Waals surface area (Å²) < 4.78 is 10.1. The topological polar surface area (TPSA) is 76.1 Å². The predicted octanol–water partition coefficient (Wildman–Crippen LogP) is 1.77. The van der Waals surface area contributed by atoms with Gasteiger partial charge in [-0.05, 0) is 23.6 Å². The molecule has 0 spiro atoms. The van der Waals surface area contributed by atoms with E-state index >= 15 is 0 Å². The van der Waals surface area contributed by atoms with Crippen LogP contribution < -0.4 is 4.74 Å². The van der Waals surface area contributed by atoms with E-state index in [9.17, 15) is 14.7 Å². The van der Waals surface area contributed by atoms with Crippen LogP contribution in [0.1, 0.15) is 25.3 Å². The predicted molar refractivity (Wildman–Crippen MR) is 79.6 cm³/mol. The summed E-state index contributed by atoms with van der Waals surface area (Å²) >= 11 is 0. The summed E-state index contributed by atoms with van der Waals surface area (Å²) in [5, 5.41) is 9.62. The van der Waals surface area contributed by atoms with Crippen molar-refractivity contribution in [3.05, 3.63) is 29.8 Å². The molecule has 6 nitrogen and oxygen atoms in total. The summed E-state index contributed by atoms with van der Waals surface area (Å²) in [6.07, 6.45) is -0.643. The molecule has 1 aliphatic rings. The molecule has 120 valence electrons. The fraction of sp³-hybridized carbons (Fsp3) is 0.500. The van der Waals surface area contributed by atoms with Crippen molar-refractivity contribution in [2.75, 3.05) is 20.3 Å². The van der Waals surface area contributed by atoms with Gasteiger partial charge >= 0.3 is 6.09 Å². The highest BCUT2D eigenvalue weighted by molar-refractivity contribution is 5.97. The van der Waals surface area contributed by atoms with E-state index in [1.54, 1.807) is 31.4 Å². The standard InChI is InChI=1S/C16H21NO5/c1-10(2)14-9-22-16(20)17(14)15(19)13(8-18)11-4-6-12(21-3)7-5-11/h4-7,10,13-14,18H,8-9H2,1-3H3/t13-,14+/m0/s1. The van der Waals surface area contributed by atoms with E-state index in [0.29, 0.717) is 11.3 Å². The van der Waals surface area contributed by atoms with Gasteiger partial charge in [-0.3, -0.25) is 4.79 Å². The van der Waals surface area contributed by atoms with Crippen LogP contribution in [0.2, 0.25) is 0 Å². The maximum atomic E-state index is 12.7. The zero-order valence-corrected chi connectivity index (χ0v) is 13.0. The Balaban J connectivity index is 2.25. The van der Waals surface area contributed by atoms with Gasteiger partial charge in [0, 0.05) is 0 Å². The Morgan fingerprint density at radius 1 is 1.41 bits per heavy atom. The van der Waals surface area contributed by atoms with Gasteiger partial charge in [0.25, 0.3) is 0 Å². The van der Waals surface area contributed by atoms with Crippen LogP contribution in [0.25, 0.3) is 0 Å². The van der Waals surface area contributed by atoms with E-state index < -0.39 is 17.9 Å². The molecule has 22 heavy (non-hydrogen) atoms. The molecule has 1 saturated heterocycles. The molecule has 0 bridgehead atoms. The summed E-state index contributed by atoms with van der Waals surface area (Å²) in [5.41, 5.74) is 0.635. The Morgan fingerprint density at radius 2 is 2.05 bits per heavy atom. The van der Waals surface area contributed by atoms with Crippen molar-refractivity contribution in [2.45, 2.75) is 25.8 Å². The SMILES string of the molecule is COc1ccc([C@H](CO)C(=O)N2C(=O)OC[C@@H]2C(C)C)cc1. The molecule has 6 heteroatoms. The van der Waals surface area contributed by atoms with Crippen LogP contribution in [-0.4, -0.2) is 48.4 Å². The van der Waals surface area contributed by atoms with E-state index in [0.717, 1.165) is 4.90 Å². The molecule has 1 aromatic carbocycles. The molecular formula is C16H21NO5. The maximum Gasteiger partial charge on any atom is 0.417 e. The number of carbonyl (C=O) groups is 2. The number of nitrogens with zero attached hydrogens (tertiary/aromatic N) is 1. The molecule has 2 amide bonds. The third-order valence-corrected chi connectivity index (χ3v) is 3.91. The number of methoxy groups -OCH3 is 1. The highest BCUT2D eigenvalue weighted by Crippen LogP contribution is 2.27. The number of aliphatic hydroxyl groups excluding tert-OH is 1. The largest absolute Gasteiger partial charge is 0.497 e. The quantitative estimate of drug-likeness (QED) is 0.897. The summed E-state index contributed by atoms with van der Waals surface area (Å²) in [6, 6.07) is 6.56. The fourth-order valence-electron chi connectivity index (χ4n) is 2.51. The second-order valence-corrected chi connectivity index (χ2v) is 5.60. The Morgan fingerprint density at radius 3 is 2.55 bits per heavy atom. The van der Waals surface area contributed by atoms with Gasteiger partial charge in [-0.2, -0.15) is 0 Å². The fourth-order valence-corrected chi connectivity index (χ4v) is 2.51. The number of benzene rings is 1. The first-order valence-corrected chi connectivity index (χ1v) is 7.24. The summed E-state index contributed by atoms with van der Waals surface area (Å²) in [5.74, 6) is -0.481. The number of hydrogen-bond donors (Lipinski definition) is 1. The lowest BCUT2D eigenvalue weighted by atomic mass is 9.96. The van der Waals surface area contributed by atoms with Crippen LogP contribution >= 0.6 is 0 Å². The van der Waals surface area contributed by atoms with Crippen LogP contribution in [0, 0.1) is 5.92 Å². The Hall–Kier alpha value is -2.08. The van der Waals surface area contributed by atoms with Gasteiger partial charge in [0.15, 0.2) is 0 Å². The van der Waals surface area contributed by atoms with Crippen molar-refractivity contribution in [3.8, 4) is 5.75 Å². The van der Waals surface area contributed by atoms with Crippen molar-refractivity contribution in [2.24, 2.45) is 5.92 Å². The van der Waals surface area contributed by atoms with Crippen LogP contribution in [0.5, 0.6) is 5.75 Å². The Bertz CT molecular complexity index is 540. The Labute approximate surface area is 129 Å². The van der Waals surface area contributed by atoms with Gasteiger partial charge in [0.2, 0.25) is 5.91 Å². The second-order valence-electron chi connectivity index (χ2n) is 5.60. The van der Waals surface area contributed by atoms with Gasteiger partial charge < -0.3 is 14.6 Å². The zero-order valence-electron chi connectivity index (χ0n) is 13.0. The lowest BCUT2D eigenvalue weighted by Crippen LogP contribution is -2.44. The molecule has 0 saturated carbocycles. The van der Waals surface area contributed by atoms with Crippen LogP contribution in [0.3, 0.4) is 0 Å². The summed E-state index contributed by atoms with van der Waals surface area (Å²) in [6.45, 7) is 3.67. The van der Waals surface area contributed by atoms with Gasteiger partial charge in [-0.15, -0.1) is 0 Å². The number of ether oxygens (including phenoxy) is 2. The zero-order chi connectivity index (χ0) is 16.3. The van der Waals surface area contributed by atoms with Gasteiger partial charge in [-0.1, -0.05) is 26.0 Å². The first kappa shape index (κ1) is 16.3. The number of cyclic esters (lactones) is 1. The van der Waals surface area contributed by atoms with Crippen LogP contribution in [0.4, 0.5) is 4.79 Å². The molecule has 0 radical (unpaired) electrons. The van der Waals surface area contributed by atoms with E-state index in [2.05, 4.69) is 0 Å². The molecule has 0 unspecified atom stereocenters. The first-order chi connectivity index (χ1) is 10.5.